The maximum atomic E-state index is 11.0. The third-order valence-electron chi connectivity index (χ3n) is 3.52. The van der Waals surface area contributed by atoms with E-state index in [0.717, 1.165) is 22.8 Å². The van der Waals surface area contributed by atoms with Gasteiger partial charge >= 0.3 is 5.97 Å². The van der Waals surface area contributed by atoms with Crippen molar-refractivity contribution in [3.05, 3.63) is 40.7 Å². The first kappa shape index (κ1) is 12.2. The molecule has 1 heterocycles. The molecule has 0 bridgehead atoms. The zero-order valence-electron chi connectivity index (χ0n) is 10.2. The largest absolute Gasteiger partial charge is 0.481 e. The summed E-state index contributed by atoms with van der Waals surface area (Å²) in [5.74, 6) is -0.326. The van der Waals surface area contributed by atoms with Crippen LogP contribution in [0.2, 0.25) is 5.02 Å². The highest BCUT2D eigenvalue weighted by Gasteiger charge is 2.27. The number of hydrogen-bond acceptors (Lipinski definition) is 2. The van der Waals surface area contributed by atoms with Crippen LogP contribution in [0.3, 0.4) is 0 Å². The smallest absolute Gasteiger partial charge is 0.306 e. The molecule has 0 aliphatic heterocycles. The van der Waals surface area contributed by atoms with Crippen molar-refractivity contribution in [2.75, 3.05) is 0 Å². The zero-order chi connectivity index (χ0) is 13.4. The Balaban J connectivity index is 1.96. The highest BCUT2D eigenvalue weighted by atomic mass is 35.5. The standard InChI is InChI=1S/C14H13ClN2O2/c15-10-4-2-1-3-9(10)13-16-11-6-5-8(14(18)19)7-12(11)17-13/h1-4,8H,5-7H2,(H,16,17)(H,18,19). The van der Waals surface area contributed by atoms with Crippen molar-refractivity contribution in [2.24, 2.45) is 5.92 Å². The summed E-state index contributed by atoms with van der Waals surface area (Å²) in [5, 5.41) is 9.72. The number of rotatable bonds is 2. The van der Waals surface area contributed by atoms with E-state index in [1.165, 1.54) is 0 Å². The number of fused-ring (bicyclic) bond motifs is 1. The van der Waals surface area contributed by atoms with Crippen molar-refractivity contribution in [2.45, 2.75) is 19.3 Å². The van der Waals surface area contributed by atoms with Crippen molar-refractivity contribution in [3.8, 4) is 11.4 Å². The Labute approximate surface area is 115 Å². The van der Waals surface area contributed by atoms with Crippen molar-refractivity contribution in [1.82, 2.24) is 9.97 Å². The minimum Gasteiger partial charge on any atom is -0.481 e. The van der Waals surface area contributed by atoms with Crippen molar-refractivity contribution in [3.63, 3.8) is 0 Å². The second kappa shape index (κ2) is 4.70. The summed E-state index contributed by atoms with van der Waals surface area (Å²) >= 11 is 6.15. The summed E-state index contributed by atoms with van der Waals surface area (Å²) in [6.45, 7) is 0. The molecule has 0 saturated carbocycles. The number of H-pyrrole nitrogens is 1. The van der Waals surface area contributed by atoms with Crippen LogP contribution in [-0.4, -0.2) is 21.0 Å². The van der Waals surface area contributed by atoms with E-state index in [0.29, 0.717) is 24.3 Å². The first-order valence-electron chi connectivity index (χ1n) is 6.20. The highest BCUT2D eigenvalue weighted by molar-refractivity contribution is 6.33. The molecule has 1 atom stereocenters. The number of carboxylic acid groups (broad SMARTS) is 1. The molecule has 4 nitrogen and oxygen atoms in total. The summed E-state index contributed by atoms with van der Waals surface area (Å²) in [4.78, 5) is 18.8. The second-order valence-corrected chi connectivity index (χ2v) is 5.18. The molecule has 1 aromatic heterocycles. The number of imidazole rings is 1. The Morgan fingerprint density at radius 1 is 1.42 bits per heavy atom. The fraction of sp³-hybridized carbons (Fsp3) is 0.286. The lowest BCUT2D eigenvalue weighted by Crippen LogP contribution is -2.22. The molecule has 1 aliphatic carbocycles. The molecule has 98 valence electrons. The van der Waals surface area contributed by atoms with Crippen LogP contribution in [0.5, 0.6) is 0 Å². The van der Waals surface area contributed by atoms with Gasteiger partial charge in [-0.2, -0.15) is 0 Å². The molecular formula is C14H13ClN2O2. The van der Waals surface area contributed by atoms with Crippen LogP contribution in [0.25, 0.3) is 11.4 Å². The highest BCUT2D eigenvalue weighted by Crippen LogP contribution is 2.30. The number of carboxylic acids is 1. The summed E-state index contributed by atoms with van der Waals surface area (Å²) in [7, 11) is 0. The fourth-order valence-corrected chi connectivity index (χ4v) is 2.70. The van der Waals surface area contributed by atoms with Gasteiger partial charge in [-0.05, 0) is 25.0 Å². The van der Waals surface area contributed by atoms with E-state index in [-0.39, 0.29) is 5.92 Å². The molecule has 0 saturated heterocycles. The van der Waals surface area contributed by atoms with Gasteiger partial charge in [-0.25, -0.2) is 4.98 Å². The number of aryl methyl sites for hydroxylation is 1. The normalized spacial score (nSPS) is 18.1. The summed E-state index contributed by atoms with van der Waals surface area (Å²) < 4.78 is 0. The van der Waals surface area contributed by atoms with E-state index >= 15 is 0 Å². The second-order valence-electron chi connectivity index (χ2n) is 4.77. The third-order valence-corrected chi connectivity index (χ3v) is 3.85. The van der Waals surface area contributed by atoms with Gasteiger partial charge in [0.1, 0.15) is 5.82 Å². The summed E-state index contributed by atoms with van der Waals surface area (Å²) in [5.41, 5.74) is 2.74. The van der Waals surface area contributed by atoms with Crippen LogP contribution in [0, 0.1) is 5.92 Å². The van der Waals surface area contributed by atoms with Crippen LogP contribution in [0.1, 0.15) is 17.8 Å². The average molecular weight is 277 g/mol. The van der Waals surface area contributed by atoms with Gasteiger partial charge < -0.3 is 10.1 Å². The van der Waals surface area contributed by atoms with Gasteiger partial charge in [0, 0.05) is 17.7 Å². The van der Waals surface area contributed by atoms with Crippen molar-refractivity contribution < 1.29 is 9.90 Å². The molecule has 0 radical (unpaired) electrons. The maximum Gasteiger partial charge on any atom is 0.306 e. The number of nitrogens with one attached hydrogen (secondary N) is 1. The van der Waals surface area contributed by atoms with Gasteiger partial charge in [0.2, 0.25) is 0 Å². The molecule has 1 unspecified atom stereocenters. The van der Waals surface area contributed by atoms with E-state index in [1.807, 2.05) is 24.3 Å². The molecule has 0 fully saturated rings. The first-order valence-corrected chi connectivity index (χ1v) is 6.58. The van der Waals surface area contributed by atoms with Crippen molar-refractivity contribution in [1.29, 1.82) is 0 Å². The molecule has 5 heteroatoms. The topological polar surface area (TPSA) is 66.0 Å². The predicted octanol–water partition coefficient (Wildman–Crippen LogP) is 2.92. The van der Waals surface area contributed by atoms with Gasteiger partial charge in [-0.15, -0.1) is 0 Å². The summed E-state index contributed by atoms with van der Waals surface area (Å²) in [6, 6.07) is 7.50. The van der Waals surface area contributed by atoms with Crippen LogP contribution < -0.4 is 0 Å². The van der Waals surface area contributed by atoms with E-state index in [2.05, 4.69) is 9.97 Å². The molecule has 1 aliphatic rings. The SMILES string of the molecule is O=C(O)C1CCc2nc(-c3ccccc3Cl)[nH]c2C1. The molecule has 1 aromatic carbocycles. The summed E-state index contributed by atoms with van der Waals surface area (Å²) in [6.07, 6.45) is 1.87. The Hall–Kier alpha value is -1.81. The van der Waals surface area contributed by atoms with E-state index in [4.69, 9.17) is 16.7 Å². The number of hydrogen-bond donors (Lipinski definition) is 2. The van der Waals surface area contributed by atoms with Crippen LogP contribution in [0.15, 0.2) is 24.3 Å². The maximum absolute atomic E-state index is 11.0. The number of nitrogens with zero attached hydrogens (tertiary/aromatic N) is 1. The van der Waals surface area contributed by atoms with Crippen LogP contribution in [0.4, 0.5) is 0 Å². The molecular weight excluding hydrogens is 264 g/mol. The molecule has 2 N–H and O–H groups in total. The number of carbonyl (C=O) groups is 1. The predicted molar refractivity (Wildman–Crippen MR) is 72.2 cm³/mol. The van der Waals surface area contributed by atoms with Crippen LogP contribution >= 0.6 is 11.6 Å². The fourth-order valence-electron chi connectivity index (χ4n) is 2.47. The number of aromatic amines is 1. The Morgan fingerprint density at radius 3 is 2.95 bits per heavy atom. The molecule has 0 amide bonds. The number of aromatic nitrogens is 2. The minimum absolute atomic E-state index is 0.313. The van der Waals surface area contributed by atoms with Gasteiger partial charge in [0.05, 0.1) is 16.6 Å². The third kappa shape index (κ3) is 2.24. The number of aliphatic carboxylic acids is 1. The van der Waals surface area contributed by atoms with Gasteiger partial charge in [0.25, 0.3) is 0 Å². The van der Waals surface area contributed by atoms with Crippen molar-refractivity contribution >= 4 is 17.6 Å². The zero-order valence-corrected chi connectivity index (χ0v) is 10.9. The lowest BCUT2D eigenvalue weighted by Gasteiger charge is -2.16. The van der Waals surface area contributed by atoms with Crippen LogP contribution in [-0.2, 0) is 17.6 Å². The van der Waals surface area contributed by atoms with E-state index in [1.54, 1.807) is 0 Å². The average Bonchev–Trinajstić information content (AvgIpc) is 2.81. The van der Waals surface area contributed by atoms with Gasteiger partial charge in [-0.3, -0.25) is 4.79 Å². The number of benzene rings is 1. The Bertz CT molecular complexity index is 636. The lowest BCUT2D eigenvalue weighted by molar-refractivity contribution is -0.142. The van der Waals surface area contributed by atoms with Gasteiger partial charge in [-0.1, -0.05) is 23.7 Å². The number of halogens is 1. The molecule has 0 spiro atoms. The van der Waals surface area contributed by atoms with E-state index in [9.17, 15) is 4.79 Å². The first-order chi connectivity index (χ1) is 9.15. The monoisotopic (exact) mass is 276 g/mol. The Morgan fingerprint density at radius 2 is 2.21 bits per heavy atom. The molecule has 3 rings (SSSR count). The minimum atomic E-state index is -0.737. The quantitative estimate of drug-likeness (QED) is 0.886. The van der Waals surface area contributed by atoms with E-state index < -0.39 is 5.97 Å². The molecule has 2 aromatic rings. The lowest BCUT2D eigenvalue weighted by atomic mass is 9.90. The Kier molecular flexibility index (Phi) is 3.03. The van der Waals surface area contributed by atoms with Gasteiger partial charge in [0.15, 0.2) is 0 Å². The molecule has 19 heavy (non-hydrogen) atoms.